The van der Waals surface area contributed by atoms with Gasteiger partial charge in [-0.15, -0.1) is 0 Å². The Balaban J connectivity index is 1.71. The number of phenolic OH excluding ortho intramolecular Hbond substituents is 3. The Kier molecular flexibility index (Phi) is 21.8. The van der Waals surface area contributed by atoms with Crippen LogP contribution in [-0.2, 0) is 60.9 Å². The van der Waals surface area contributed by atoms with Gasteiger partial charge in [0.1, 0.15) is 23.0 Å². The fourth-order valence-electron chi connectivity index (χ4n) is 9.61. The number of aryl methyl sites for hydroxylation is 4. The maximum Gasteiger partial charge on any atom is 0.330 e. The van der Waals surface area contributed by atoms with E-state index in [-0.39, 0.29) is 17.2 Å². The van der Waals surface area contributed by atoms with E-state index in [2.05, 4.69) is 82.8 Å². The van der Waals surface area contributed by atoms with Crippen molar-refractivity contribution in [2.24, 2.45) is 0 Å². The summed E-state index contributed by atoms with van der Waals surface area (Å²) in [6.07, 6.45) is 26.4. The van der Waals surface area contributed by atoms with Gasteiger partial charge >= 0.3 is 5.97 Å². The fraction of sp³-hybridized carbons (Fsp3) is 0.542. The predicted molar refractivity (Wildman–Crippen MR) is 269 cm³/mol. The molecule has 0 aliphatic heterocycles. The number of carbonyl (C=O) groups excluding carboxylic acids is 1. The van der Waals surface area contributed by atoms with Gasteiger partial charge in [-0.25, -0.2) is 4.79 Å². The molecule has 0 saturated carbocycles. The summed E-state index contributed by atoms with van der Waals surface area (Å²) in [4.78, 5) is 11.7. The Morgan fingerprint density at radius 1 is 0.446 bits per heavy atom. The molecule has 1 aliphatic carbocycles. The standard InChI is InChI=1S/C59H82O6/c1-6-11-15-19-25-43-31-47-39-49-33-44(26-20-16-12-7-2)35-51(57(49)62)41-53-37-46(28-22-18-14-9-4)38-54(59(53)65-30-24-23-29-64-55(60)10-5)42-52-36-45(27-21-17-13-8-3)34-50(58(52)63)40-48(32-43)56(47)61/h10,31-38,61-63H,5-9,11-30,39-42H2,1-4H3. The van der Waals surface area contributed by atoms with E-state index in [1.54, 1.807) is 0 Å². The molecule has 0 fully saturated rings. The minimum Gasteiger partial charge on any atom is -0.507 e. The topological polar surface area (TPSA) is 96.2 Å². The Labute approximate surface area is 392 Å². The molecule has 4 aromatic carbocycles. The number of hydrogen-bond acceptors (Lipinski definition) is 6. The lowest BCUT2D eigenvalue weighted by Gasteiger charge is -2.22. The summed E-state index contributed by atoms with van der Waals surface area (Å²) in [7, 11) is 0. The minimum atomic E-state index is -0.423. The van der Waals surface area contributed by atoms with Crippen molar-refractivity contribution >= 4 is 5.97 Å². The molecule has 8 bridgehead atoms. The number of fused-ring (bicyclic) bond motifs is 8. The second-order valence-corrected chi connectivity index (χ2v) is 18.9. The van der Waals surface area contributed by atoms with E-state index >= 15 is 0 Å². The zero-order valence-corrected chi connectivity index (χ0v) is 40.8. The average Bonchev–Trinajstić information content (AvgIpc) is 3.29. The Morgan fingerprint density at radius 3 is 1.05 bits per heavy atom. The van der Waals surface area contributed by atoms with Crippen LogP contribution in [0.3, 0.4) is 0 Å². The molecule has 0 atom stereocenters. The van der Waals surface area contributed by atoms with Crippen molar-refractivity contribution in [3.63, 3.8) is 0 Å². The first-order valence-electron chi connectivity index (χ1n) is 25.7. The van der Waals surface area contributed by atoms with Crippen molar-refractivity contribution in [2.75, 3.05) is 13.2 Å². The van der Waals surface area contributed by atoms with Crippen LogP contribution in [0.2, 0.25) is 0 Å². The molecule has 0 spiro atoms. The monoisotopic (exact) mass is 887 g/mol. The van der Waals surface area contributed by atoms with Gasteiger partial charge in [-0.3, -0.25) is 0 Å². The summed E-state index contributed by atoms with van der Waals surface area (Å²) in [5.41, 5.74) is 11.9. The average molecular weight is 887 g/mol. The maximum absolute atomic E-state index is 12.4. The summed E-state index contributed by atoms with van der Waals surface area (Å²) in [5.74, 6) is 1.20. The molecule has 3 N–H and O–H groups in total. The summed E-state index contributed by atoms with van der Waals surface area (Å²) < 4.78 is 12.1. The van der Waals surface area contributed by atoms with Crippen LogP contribution in [0.5, 0.6) is 23.0 Å². The Morgan fingerprint density at radius 2 is 0.738 bits per heavy atom. The number of benzene rings is 4. The number of aromatic hydroxyl groups is 3. The summed E-state index contributed by atoms with van der Waals surface area (Å²) in [6, 6.07) is 17.7. The van der Waals surface area contributed by atoms with Crippen LogP contribution in [0.4, 0.5) is 0 Å². The maximum atomic E-state index is 12.4. The van der Waals surface area contributed by atoms with Crippen LogP contribution in [0.15, 0.2) is 61.2 Å². The van der Waals surface area contributed by atoms with Crippen molar-refractivity contribution in [3.8, 4) is 23.0 Å². The van der Waals surface area contributed by atoms with Gasteiger partial charge in [0.15, 0.2) is 0 Å². The first kappa shape index (κ1) is 51.3. The third-order valence-electron chi connectivity index (χ3n) is 13.3. The second-order valence-electron chi connectivity index (χ2n) is 18.9. The van der Waals surface area contributed by atoms with E-state index in [1.807, 2.05) is 0 Å². The van der Waals surface area contributed by atoms with Gasteiger partial charge < -0.3 is 24.8 Å². The molecule has 0 saturated heterocycles. The molecule has 0 unspecified atom stereocenters. The lowest BCUT2D eigenvalue weighted by molar-refractivity contribution is -0.137. The van der Waals surface area contributed by atoms with Gasteiger partial charge in [0, 0.05) is 31.8 Å². The number of esters is 1. The first-order chi connectivity index (χ1) is 31.7. The number of ether oxygens (including phenoxy) is 2. The van der Waals surface area contributed by atoms with E-state index in [1.165, 1.54) is 79.7 Å². The van der Waals surface area contributed by atoms with Crippen LogP contribution >= 0.6 is 0 Å². The number of rotatable bonds is 27. The smallest absolute Gasteiger partial charge is 0.330 e. The van der Waals surface area contributed by atoms with E-state index in [9.17, 15) is 20.1 Å². The summed E-state index contributed by atoms with van der Waals surface area (Å²) >= 11 is 0. The van der Waals surface area contributed by atoms with Crippen LogP contribution in [0, 0.1) is 0 Å². The quantitative estimate of drug-likeness (QED) is 0.0276. The number of carbonyl (C=O) groups is 1. The third-order valence-corrected chi connectivity index (χ3v) is 13.3. The van der Waals surface area contributed by atoms with Crippen LogP contribution < -0.4 is 4.74 Å². The molecule has 1 aliphatic rings. The number of hydrogen-bond donors (Lipinski definition) is 3. The number of unbranched alkanes of at least 4 members (excludes halogenated alkanes) is 13. The molecular formula is C59H82O6. The minimum absolute atomic E-state index is 0.255. The normalized spacial score (nSPS) is 12.3. The van der Waals surface area contributed by atoms with Crippen molar-refractivity contribution in [1.29, 1.82) is 0 Å². The van der Waals surface area contributed by atoms with Crippen molar-refractivity contribution in [2.45, 2.75) is 195 Å². The van der Waals surface area contributed by atoms with Gasteiger partial charge in [-0.1, -0.05) is 160 Å². The largest absolute Gasteiger partial charge is 0.507 e. The molecule has 0 radical (unpaired) electrons. The third kappa shape index (κ3) is 16.0. The fourth-order valence-corrected chi connectivity index (χ4v) is 9.61. The van der Waals surface area contributed by atoms with Crippen molar-refractivity contribution in [3.05, 3.63) is 128 Å². The molecule has 0 heterocycles. The van der Waals surface area contributed by atoms with E-state index < -0.39 is 5.97 Å². The van der Waals surface area contributed by atoms with E-state index in [4.69, 9.17) is 9.47 Å². The SMILES string of the molecule is C=CC(=O)OCCCCOc1c2cc(CCCCCC)cc1Cc1cc(CCCCCC)cc(c1O)Cc1cc(CCCCCC)cc(c1O)Cc1cc(CCCCCC)cc(c1O)C2. The zero-order chi connectivity index (χ0) is 46.4. The van der Waals surface area contributed by atoms with Crippen LogP contribution in [0.25, 0.3) is 0 Å². The molecule has 6 heteroatoms. The molecule has 0 aromatic heterocycles. The highest BCUT2D eigenvalue weighted by atomic mass is 16.5. The molecule has 0 amide bonds. The molecule has 6 nitrogen and oxygen atoms in total. The Hall–Kier alpha value is -4.71. The molecule has 354 valence electrons. The van der Waals surface area contributed by atoms with Gasteiger partial charge in [-0.05, 0) is 131 Å². The van der Waals surface area contributed by atoms with Crippen molar-refractivity contribution < 1.29 is 29.6 Å². The number of phenols is 3. The highest BCUT2D eigenvalue weighted by Crippen LogP contribution is 2.40. The van der Waals surface area contributed by atoms with Gasteiger partial charge in [0.05, 0.1) is 13.2 Å². The highest BCUT2D eigenvalue weighted by molar-refractivity contribution is 5.81. The Bertz CT molecular complexity index is 2000. The van der Waals surface area contributed by atoms with Gasteiger partial charge in [0.25, 0.3) is 0 Å². The molecule has 5 rings (SSSR count). The van der Waals surface area contributed by atoms with Gasteiger partial charge in [0.2, 0.25) is 0 Å². The van der Waals surface area contributed by atoms with Crippen LogP contribution in [-0.4, -0.2) is 34.5 Å². The van der Waals surface area contributed by atoms with Crippen LogP contribution in [0.1, 0.15) is 210 Å². The lowest BCUT2D eigenvalue weighted by atomic mass is 9.87. The van der Waals surface area contributed by atoms with E-state index in [0.29, 0.717) is 51.7 Å². The molecular weight excluding hydrogens is 805 g/mol. The zero-order valence-electron chi connectivity index (χ0n) is 40.8. The second kappa shape index (κ2) is 27.7. The summed E-state index contributed by atoms with van der Waals surface area (Å²) in [6.45, 7) is 13.2. The molecule has 4 aromatic rings. The van der Waals surface area contributed by atoms with Crippen molar-refractivity contribution in [1.82, 2.24) is 0 Å². The molecule has 65 heavy (non-hydrogen) atoms. The first-order valence-corrected chi connectivity index (χ1v) is 25.7. The van der Waals surface area contributed by atoms with Gasteiger partial charge in [-0.2, -0.15) is 0 Å². The van der Waals surface area contributed by atoms with E-state index in [0.717, 1.165) is 127 Å². The summed E-state index contributed by atoms with van der Waals surface area (Å²) in [5, 5.41) is 37.0. The lowest BCUT2D eigenvalue weighted by Crippen LogP contribution is -2.09. The predicted octanol–water partition coefficient (Wildman–Crippen LogP) is 14.9. The highest BCUT2D eigenvalue weighted by Gasteiger charge is 2.23.